The van der Waals surface area contributed by atoms with Crippen LogP contribution in [0.1, 0.15) is 23.7 Å². The second-order valence-corrected chi connectivity index (χ2v) is 11.5. The normalized spacial score (nSPS) is 17.9. The van der Waals surface area contributed by atoms with Gasteiger partial charge in [0.2, 0.25) is 11.8 Å². The van der Waals surface area contributed by atoms with E-state index in [1.807, 2.05) is 0 Å². The van der Waals surface area contributed by atoms with Gasteiger partial charge in [-0.25, -0.2) is 13.0 Å². The smallest absolute Gasteiger partial charge is 0.326 e. The van der Waals surface area contributed by atoms with Crippen molar-refractivity contribution < 1.29 is 40.5 Å². The molecule has 0 radical (unpaired) electrons. The van der Waals surface area contributed by atoms with Gasteiger partial charge in [-0.3, -0.25) is 14.4 Å². The number of amides is 3. The van der Waals surface area contributed by atoms with Crippen molar-refractivity contribution in [1.29, 1.82) is 0 Å². The van der Waals surface area contributed by atoms with E-state index in [1.165, 1.54) is 18.2 Å². The maximum Gasteiger partial charge on any atom is 0.471 e. The van der Waals surface area contributed by atoms with Crippen LogP contribution in [-0.4, -0.2) is 37.0 Å². The Hall–Kier alpha value is -2.48. The zero-order chi connectivity index (χ0) is 27.9. The van der Waals surface area contributed by atoms with Gasteiger partial charge in [0.05, 0.1) is 22.2 Å². The van der Waals surface area contributed by atoms with Gasteiger partial charge >= 0.3 is 5.51 Å². The molecule has 37 heavy (non-hydrogen) atoms. The summed E-state index contributed by atoms with van der Waals surface area (Å²) in [7, 11) is -3.64. The van der Waals surface area contributed by atoms with Gasteiger partial charge in [-0.15, -0.1) is 23.2 Å². The predicted molar refractivity (Wildman–Crippen MR) is 129 cm³/mol. The maximum absolute atomic E-state index is 14.9. The first-order chi connectivity index (χ1) is 17.0. The van der Waals surface area contributed by atoms with Crippen molar-refractivity contribution >= 4 is 80.4 Å². The zero-order valence-electron chi connectivity index (χ0n) is 18.3. The molecule has 0 saturated heterocycles. The van der Waals surface area contributed by atoms with Crippen LogP contribution in [0, 0.1) is 17.6 Å². The Bertz CT molecular complexity index is 1310. The second kappa shape index (κ2) is 10.7. The minimum atomic E-state index is -5.23. The Kier molecular flexibility index (Phi) is 8.42. The number of anilines is 3. The molecule has 3 unspecified atom stereocenters. The number of rotatable bonds is 7. The number of carbonyl (C=O) groups excluding carboxylic acids is 3. The highest BCUT2D eigenvalue weighted by molar-refractivity contribution is 7.87. The van der Waals surface area contributed by atoms with Crippen molar-refractivity contribution in [2.24, 2.45) is 5.92 Å². The third-order valence-corrected chi connectivity index (χ3v) is 7.60. The summed E-state index contributed by atoms with van der Waals surface area (Å²) in [6.07, 6.45) is 0.233. The minimum Gasteiger partial charge on any atom is -0.326 e. The molecule has 3 amide bonds. The Labute approximate surface area is 223 Å². The number of hydrogen-bond acceptors (Lipinski definition) is 4. The van der Waals surface area contributed by atoms with E-state index in [1.54, 1.807) is 5.32 Å². The minimum absolute atomic E-state index is 0.106. The Morgan fingerprint density at radius 1 is 1.08 bits per heavy atom. The van der Waals surface area contributed by atoms with E-state index in [9.17, 15) is 40.5 Å². The van der Waals surface area contributed by atoms with Crippen molar-refractivity contribution in [2.45, 2.75) is 28.4 Å². The molecule has 3 N–H and O–H groups in total. The van der Waals surface area contributed by atoms with Crippen LogP contribution in [-0.2, 0) is 20.4 Å². The second-order valence-electron chi connectivity index (χ2n) is 7.81. The molecule has 7 nitrogen and oxygen atoms in total. The van der Waals surface area contributed by atoms with Gasteiger partial charge in [-0.05, 0) is 43.7 Å². The van der Waals surface area contributed by atoms with Gasteiger partial charge in [0.1, 0.15) is 31.9 Å². The summed E-state index contributed by atoms with van der Waals surface area (Å²) < 4.78 is 77.1. The average Bonchev–Trinajstić information content (AvgIpc) is 3.46. The summed E-state index contributed by atoms with van der Waals surface area (Å²) in [6.45, 7) is 0.664. The highest BCUT2D eigenvalue weighted by atomic mass is 35.5. The first-order valence-corrected chi connectivity index (χ1v) is 12.4. The lowest BCUT2D eigenvalue weighted by molar-refractivity contribution is -0.117. The molecular formula is C21H15Cl3F5N3O4S. The Balaban J connectivity index is 1.79. The highest BCUT2D eigenvalue weighted by Gasteiger charge is 2.56. The number of nitrogens with one attached hydrogen (secondary N) is 3. The molecule has 1 aliphatic carbocycles. The lowest BCUT2D eigenvalue weighted by atomic mass is 10.1. The van der Waals surface area contributed by atoms with Crippen LogP contribution >= 0.6 is 34.8 Å². The molecule has 3 rings (SSSR count). The molecule has 1 saturated carbocycles. The van der Waals surface area contributed by atoms with E-state index >= 15 is 0 Å². The summed E-state index contributed by atoms with van der Waals surface area (Å²) in [5.41, 5.74) is -7.16. The summed E-state index contributed by atoms with van der Waals surface area (Å²) in [5.74, 6) is -6.65. The Morgan fingerprint density at radius 2 is 1.70 bits per heavy atom. The largest absolute Gasteiger partial charge is 0.471 e. The lowest BCUT2D eigenvalue weighted by Gasteiger charge is -2.16. The lowest BCUT2D eigenvalue weighted by Crippen LogP contribution is -2.36. The third-order valence-electron chi connectivity index (χ3n) is 5.13. The SMILES string of the molecule is CC(C(=O)Nc1c(F)ccc(NC(=O)c2cc(NC(=O)C3CC3(Cl)Cl)ccc2Cl)c1F)S(=O)C(F)(F)F. The van der Waals surface area contributed by atoms with E-state index in [2.05, 4.69) is 10.6 Å². The van der Waals surface area contributed by atoms with Crippen molar-refractivity contribution in [3.8, 4) is 0 Å². The number of alkyl halides is 5. The third kappa shape index (κ3) is 6.70. The van der Waals surface area contributed by atoms with Crippen molar-refractivity contribution in [3.63, 3.8) is 0 Å². The molecule has 2 aromatic rings. The molecule has 0 spiro atoms. The fourth-order valence-corrected chi connectivity index (χ4v) is 4.34. The van der Waals surface area contributed by atoms with E-state index in [4.69, 9.17) is 34.8 Å². The maximum atomic E-state index is 14.9. The van der Waals surface area contributed by atoms with Crippen LogP contribution in [0.3, 0.4) is 0 Å². The van der Waals surface area contributed by atoms with E-state index < -0.39 is 72.5 Å². The van der Waals surface area contributed by atoms with Crippen molar-refractivity contribution in [3.05, 3.63) is 52.6 Å². The number of halogens is 8. The fraction of sp³-hybridized carbons (Fsp3) is 0.286. The van der Waals surface area contributed by atoms with Crippen LogP contribution < -0.4 is 16.0 Å². The fourth-order valence-electron chi connectivity index (χ4n) is 2.98. The zero-order valence-corrected chi connectivity index (χ0v) is 21.4. The van der Waals surface area contributed by atoms with Gasteiger partial charge in [0, 0.05) is 5.69 Å². The molecule has 200 valence electrons. The van der Waals surface area contributed by atoms with Crippen LogP contribution in [0.4, 0.5) is 39.0 Å². The van der Waals surface area contributed by atoms with Crippen molar-refractivity contribution in [2.75, 3.05) is 16.0 Å². The molecule has 0 aliphatic heterocycles. The molecule has 3 atom stereocenters. The van der Waals surface area contributed by atoms with E-state index in [-0.39, 0.29) is 22.7 Å². The molecule has 0 heterocycles. The molecule has 1 aliphatic rings. The monoisotopic (exact) mass is 605 g/mol. The Morgan fingerprint density at radius 3 is 2.27 bits per heavy atom. The van der Waals surface area contributed by atoms with Crippen LogP contribution in [0.5, 0.6) is 0 Å². The molecular weight excluding hydrogens is 592 g/mol. The van der Waals surface area contributed by atoms with Gasteiger partial charge in [-0.2, -0.15) is 13.2 Å². The summed E-state index contributed by atoms with van der Waals surface area (Å²) in [4.78, 5) is 36.9. The number of hydrogen-bond donors (Lipinski definition) is 3. The summed E-state index contributed by atoms with van der Waals surface area (Å²) >= 11 is 17.7. The average molecular weight is 607 g/mol. The van der Waals surface area contributed by atoms with Crippen LogP contribution in [0.2, 0.25) is 5.02 Å². The summed E-state index contributed by atoms with van der Waals surface area (Å²) in [5, 5.41) is 3.93. The first kappa shape index (κ1) is 29.1. The molecule has 16 heteroatoms. The standard InChI is InChI=1S/C21H15Cl3F5N3O4S/c1-8(37(36)21(27,28)29)17(33)32-16-13(25)4-5-14(15(16)26)31-18(34)10-6-9(2-3-12(10)22)30-19(35)11-7-20(11,23)24/h2-6,8,11H,7H2,1H3,(H,30,35)(H,31,34)(H,32,33). The first-order valence-electron chi connectivity index (χ1n) is 10.1. The van der Waals surface area contributed by atoms with E-state index in [0.717, 1.165) is 6.07 Å². The number of carbonyl (C=O) groups is 3. The topological polar surface area (TPSA) is 104 Å². The predicted octanol–water partition coefficient (Wildman–Crippen LogP) is 5.60. The van der Waals surface area contributed by atoms with Gasteiger partial charge in [-0.1, -0.05) is 11.6 Å². The molecule has 1 fully saturated rings. The van der Waals surface area contributed by atoms with Gasteiger partial charge < -0.3 is 16.0 Å². The molecule has 2 aromatic carbocycles. The highest BCUT2D eigenvalue weighted by Crippen LogP contribution is 2.53. The summed E-state index contributed by atoms with van der Waals surface area (Å²) in [6, 6.07) is 5.24. The number of benzene rings is 2. The van der Waals surface area contributed by atoms with Crippen LogP contribution in [0.25, 0.3) is 0 Å². The molecule has 0 bridgehead atoms. The van der Waals surface area contributed by atoms with E-state index in [0.29, 0.717) is 13.0 Å². The van der Waals surface area contributed by atoms with Crippen LogP contribution in [0.15, 0.2) is 30.3 Å². The van der Waals surface area contributed by atoms with Gasteiger partial charge in [0.15, 0.2) is 5.82 Å². The quantitative estimate of drug-likeness (QED) is 0.282. The molecule has 0 aromatic heterocycles. The van der Waals surface area contributed by atoms with Crippen molar-refractivity contribution in [1.82, 2.24) is 0 Å². The van der Waals surface area contributed by atoms with Gasteiger partial charge in [0.25, 0.3) is 5.91 Å².